The second-order valence-electron chi connectivity index (χ2n) is 3.59. The maximum absolute atomic E-state index is 10.6. The molecule has 0 spiro atoms. The zero-order valence-corrected chi connectivity index (χ0v) is 9.81. The number of rotatable bonds is 0. The fourth-order valence-electron chi connectivity index (χ4n) is 1.44. The molecule has 20 heavy (non-hydrogen) atoms. The first-order valence-corrected chi connectivity index (χ1v) is 5.38. The highest BCUT2D eigenvalue weighted by atomic mass is 16.2. The van der Waals surface area contributed by atoms with Crippen molar-refractivity contribution in [2.24, 2.45) is 20.0 Å². The summed E-state index contributed by atoms with van der Waals surface area (Å²) in [5, 5.41) is 0. The van der Waals surface area contributed by atoms with Crippen LogP contribution < -0.4 is 5.69 Å². The third-order valence-corrected chi connectivity index (χ3v) is 2.31. The molecule has 0 aromatic carbocycles. The lowest BCUT2D eigenvalue weighted by molar-refractivity contribution is 0.257. The number of nitrogens with one attached hydrogen (secondary N) is 2. The highest BCUT2D eigenvalue weighted by Crippen LogP contribution is 1.99. The lowest BCUT2D eigenvalue weighted by atomic mass is 10.3. The molecule has 2 aliphatic rings. The second kappa shape index (κ2) is 4.76. The molecule has 4 heterocycles. The van der Waals surface area contributed by atoms with Gasteiger partial charge in [-0.05, 0) is 0 Å². The Morgan fingerprint density at radius 2 is 2.00 bits per heavy atom. The van der Waals surface area contributed by atoms with Crippen molar-refractivity contribution < 1.29 is 4.79 Å². The lowest BCUT2D eigenvalue weighted by Gasteiger charge is -1.95. The molecule has 0 atom stereocenters. The van der Waals surface area contributed by atoms with Crippen molar-refractivity contribution in [3.63, 3.8) is 0 Å². The molecule has 2 aliphatic heterocycles. The normalized spacial score (nSPS) is 15.5. The van der Waals surface area contributed by atoms with Gasteiger partial charge in [0.2, 0.25) is 0 Å². The summed E-state index contributed by atoms with van der Waals surface area (Å²) in [6.07, 6.45) is 5.65. The molecule has 2 N–H and O–H groups in total. The average molecular weight is 270 g/mol. The topological polar surface area (TPSA) is 141 Å². The number of amidine groups is 1. The maximum atomic E-state index is 10.6. The highest BCUT2D eigenvalue weighted by molar-refractivity contribution is 6.67. The Kier molecular flexibility index (Phi) is 2.80. The van der Waals surface area contributed by atoms with Gasteiger partial charge in [0.15, 0.2) is 11.5 Å². The van der Waals surface area contributed by atoms with E-state index in [0.29, 0.717) is 17.2 Å². The van der Waals surface area contributed by atoms with Crippen molar-refractivity contribution in [2.45, 2.75) is 0 Å². The van der Waals surface area contributed by atoms with Crippen LogP contribution in [0.5, 0.6) is 0 Å². The number of amides is 2. The Balaban J connectivity index is 0.000000121. The van der Waals surface area contributed by atoms with Crippen LogP contribution in [0.4, 0.5) is 4.79 Å². The monoisotopic (exact) mass is 270 g/mol. The molecule has 2 amide bonds. The van der Waals surface area contributed by atoms with E-state index in [-0.39, 0.29) is 5.69 Å². The van der Waals surface area contributed by atoms with E-state index in [1.54, 1.807) is 0 Å². The smallest absolute Gasteiger partial charge is 0.342 e. The number of aromatic nitrogens is 4. The van der Waals surface area contributed by atoms with E-state index in [9.17, 15) is 9.59 Å². The Morgan fingerprint density at radius 1 is 1.10 bits per heavy atom. The molecule has 0 saturated carbocycles. The van der Waals surface area contributed by atoms with Crippen molar-refractivity contribution >= 4 is 41.3 Å². The molecule has 10 heteroatoms. The molecule has 0 aliphatic carbocycles. The van der Waals surface area contributed by atoms with Crippen LogP contribution >= 0.6 is 0 Å². The lowest BCUT2D eigenvalue weighted by Crippen LogP contribution is -2.16. The van der Waals surface area contributed by atoms with E-state index in [2.05, 4.69) is 39.9 Å². The van der Waals surface area contributed by atoms with Crippen molar-refractivity contribution in [2.75, 3.05) is 0 Å². The Hall–Kier alpha value is -3.30. The molecule has 2 aromatic rings. The number of imidazole rings is 1. The van der Waals surface area contributed by atoms with Gasteiger partial charge in [-0.3, -0.25) is 4.98 Å². The molecule has 4 rings (SSSR count). The van der Waals surface area contributed by atoms with Gasteiger partial charge in [-0.15, -0.1) is 0 Å². The molecular formula is C10H6N8O2. The van der Waals surface area contributed by atoms with Crippen LogP contribution in [0.3, 0.4) is 0 Å². The quantitative estimate of drug-likeness (QED) is 0.678. The summed E-state index contributed by atoms with van der Waals surface area (Å²) in [5.41, 5.74) is 1.46. The van der Waals surface area contributed by atoms with Crippen molar-refractivity contribution in [3.05, 3.63) is 23.0 Å². The highest BCUT2D eigenvalue weighted by Gasteiger charge is 2.15. The fourth-order valence-corrected chi connectivity index (χ4v) is 1.44. The fraction of sp³-hybridized carbons (Fsp3) is 0. The summed E-state index contributed by atoms with van der Waals surface area (Å²) < 4.78 is 0. The molecule has 98 valence electrons. The SMILES string of the molecule is O=C1N=CC2=NC=NC2=N1.O=c1ncc2[nH]cnc2[nH]1. The van der Waals surface area contributed by atoms with Gasteiger partial charge in [0.25, 0.3) is 0 Å². The summed E-state index contributed by atoms with van der Waals surface area (Å²) in [6.45, 7) is 0. The number of urea groups is 1. The van der Waals surface area contributed by atoms with Gasteiger partial charge < -0.3 is 4.98 Å². The number of aromatic amines is 2. The number of aliphatic imine (C=N–C) groups is 4. The largest absolute Gasteiger partial charge is 0.369 e. The summed E-state index contributed by atoms with van der Waals surface area (Å²) in [4.78, 5) is 48.0. The summed E-state index contributed by atoms with van der Waals surface area (Å²) >= 11 is 0. The van der Waals surface area contributed by atoms with Gasteiger partial charge >= 0.3 is 11.7 Å². The van der Waals surface area contributed by atoms with Gasteiger partial charge in [0.05, 0.1) is 18.7 Å². The van der Waals surface area contributed by atoms with E-state index in [0.717, 1.165) is 5.52 Å². The number of hydrogen-bond donors (Lipinski definition) is 2. The van der Waals surface area contributed by atoms with Crippen LogP contribution in [0.2, 0.25) is 0 Å². The van der Waals surface area contributed by atoms with Crippen molar-refractivity contribution in [1.82, 2.24) is 19.9 Å². The third kappa shape index (κ3) is 2.29. The minimum Gasteiger partial charge on any atom is -0.342 e. The zero-order valence-electron chi connectivity index (χ0n) is 9.81. The van der Waals surface area contributed by atoms with Crippen LogP contribution in [0, 0.1) is 0 Å². The van der Waals surface area contributed by atoms with Crippen LogP contribution in [-0.2, 0) is 0 Å². The molecule has 0 bridgehead atoms. The minimum absolute atomic E-state index is 0.361. The number of H-pyrrole nitrogens is 2. The average Bonchev–Trinajstić information content (AvgIpc) is 3.06. The first kappa shape index (κ1) is 11.8. The van der Waals surface area contributed by atoms with E-state index in [1.165, 1.54) is 25.1 Å². The first-order chi connectivity index (χ1) is 9.72. The number of hydrogen-bond acceptors (Lipinski definition) is 6. The summed E-state index contributed by atoms with van der Waals surface area (Å²) in [6, 6.07) is -0.520. The standard InChI is InChI=1S/C5H4N4O.C5H2N4O/c2*10-5-6-1-3-4(9-5)8-2-7-3/h1-2H,(H2,6,7,8,9,10);1-2H. The predicted molar refractivity (Wildman–Crippen MR) is 71.8 cm³/mol. The second-order valence-corrected chi connectivity index (χ2v) is 3.59. The van der Waals surface area contributed by atoms with Gasteiger partial charge in [-0.25, -0.2) is 24.6 Å². The van der Waals surface area contributed by atoms with E-state index >= 15 is 0 Å². The molecule has 0 saturated heterocycles. The van der Waals surface area contributed by atoms with Crippen molar-refractivity contribution in [1.29, 1.82) is 0 Å². The van der Waals surface area contributed by atoms with E-state index in [4.69, 9.17) is 0 Å². The molecule has 10 nitrogen and oxygen atoms in total. The number of carbonyl (C=O) groups excluding carboxylic acids is 1. The third-order valence-electron chi connectivity index (χ3n) is 2.31. The summed E-state index contributed by atoms with van der Waals surface area (Å²) in [7, 11) is 0. The molecule has 0 fully saturated rings. The Labute approximate surface area is 110 Å². The number of nitrogens with zero attached hydrogens (tertiary/aromatic N) is 6. The van der Waals surface area contributed by atoms with E-state index in [1.807, 2.05) is 0 Å². The molecule has 2 aromatic heterocycles. The molecular weight excluding hydrogens is 264 g/mol. The van der Waals surface area contributed by atoms with Crippen LogP contribution in [0.15, 0.2) is 37.3 Å². The van der Waals surface area contributed by atoms with E-state index < -0.39 is 6.03 Å². The predicted octanol–water partition coefficient (Wildman–Crippen LogP) is -0.282. The number of carbonyl (C=O) groups is 1. The van der Waals surface area contributed by atoms with Gasteiger partial charge in [-0.1, -0.05) is 0 Å². The molecule has 0 unspecified atom stereocenters. The van der Waals surface area contributed by atoms with Gasteiger partial charge in [0.1, 0.15) is 17.6 Å². The number of fused-ring (bicyclic) bond motifs is 2. The Bertz CT molecular complexity index is 853. The van der Waals surface area contributed by atoms with Crippen LogP contribution in [0.25, 0.3) is 11.2 Å². The maximum Gasteiger partial charge on any atom is 0.369 e. The first-order valence-electron chi connectivity index (χ1n) is 5.38. The molecule has 0 radical (unpaired) electrons. The minimum atomic E-state index is -0.520. The van der Waals surface area contributed by atoms with Crippen LogP contribution in [-0.4, -0.2) is 50.1 Å². The Morgan fingerprint density at radius 3 is 2.90 bits per heavy atom. The summed E-state index contributed by atoms with van der Waals surface area (Å²) in [5.74, 6) is 0.361. The van der Waals surface area contributed by atoms with Gasteiger partial charge in [-0.2, -0.15) is 15.0 Å². The van der Waals surface area contributed by atoms with Gasteiger partial charge in [0, 0.05) is 0 Å². The zero-order chi connectivity index (χ0) is 13.9. The van der Waals surface area contributed by atoms with Crippen molar-refractivity contribution in [3.8, 4) is 0 Å². The van der Waals surface area contributed by atoms with Crippen LogP contribution in [0.1, 0.15) is 0 Å².